The van der Waals surface area contributed by atoms with E-state index in [2.05, 4.69) is 13.8 Å². The van der Waals surface area contributed by atoms with Crippen molar-refractivity contribution in [3.05, 3.63) is 45.1 Å². The number of aryl methyl sites for hydroxylation is 2. The van der Waals surface area contributed by atoms with Gasteiger partial charge in [-0.15, -0.1) is 11.3 Å². The van der Waals surface area contributed by atoms with Crippen molar-refractivity contribution in [2.45, 2.75) is 57.4 Å². The molecule has 33 heavy (non-hydrogen) atoms. The lowest BCUT2D eigenvalue weighted by Gasteiger charge is -2.32. The van der Waals surface area contributed by atoms with E-state index in [0.717, 1.165) is 42.7 Å². The Labute approximate surface area is 203 Å². The van der Waals surface area contributed by atoms with E-state index >= 15 is 0 Å². The fraction of sp³-hybridized carbons (Fsp3) is 0.480. The summed E-state index contributed by atoms with van der Waals surface area (Å²) in [6.45, 7) is 9.82. The molecule has 1 aliphatic rings. The maximum absolute atomic E-state index is 13.8. The van der Waals surface area contributed by atoms with Crippen LogP contribution < -0.4 is 10.3 Å². The highest BCUT2D eigenvalue weighted by molar-refractivity contribution is 8.00. The number of benzene rings is 1. The van der Waals surface area contributed by atoms with Crippen LogP contribution in [0.15, 0.2) is 34.2 Å². The second-order valence-corrected chi connectivity index (χ2v) is 11.1. The van der Waals surface area contributed by atoms with Crippen LogP contribution >= 0.6 is 23.1 Å². The first-order valence-corrected chi connectivity index (χ1v) is 13.2. The summed E-state index contributed by atoms with van der Waals surface area (Å²) in [7, 11) is 1.61. The lowest BCUT2D eigenvalue weighted by molar-refractivity contribution is -0.131. The molecular weight excluding hydrogens is 454 g/mol. The largest absolute Gasteiger partial charge is 0.497 e. The first kappa shape index (κ1) is 23.8. The van der Waals surface area contributed by atoms with Gasteiger partial charge in [-0.2, -0.15) is 0 Å². The van der Waals surface area contributed by atoms with Gasteiger partial charge in [-0.3, -0.25) is 14.2 Å². The molecule has 0 bridgehead atoms. The van der Waals surface area contributed by atoms with E-state index in [1.54, 1.807) is 23.0 Å². The van der Waals surface area contributed by atoms with Gasteiger partial charge in [0.15, 0.2) is 5.16 Å². The van der Waals surface area contributed by atoms with Gasteiger partial charge in [-0.05, 0) is 56.7 Å². The molecule has 0 N–H and O–H groups in total. The Morgan fingerprint density at radius 1 is 1.33 bits per heavy atom. The molecule has 6 nitrogen and oxygen atoms in total. The molecule has 0 unspecified atom stereocenters. The van der Waals surface area contributed by atoms with E-state index in [4.69, 9.17) is 9.72 Å². The second kappa shape index (κ2) is 9.89. The molecule has 176 valence electrons. The summed E-state index contributed by atoms with van der Waals surface area (Å²) in [6.07, 6.45) is 2.93. The van der Waals surface area contributed by atoms with Crippen LogP contribution in [0.5, 0.6) is 5.75 Å². The highest BCUT2D eigenvalue weighted by Gasteiger charge is 2.27. The van der Waals surface area contributed by atoms with Crippen molar-refractivity contribution in [1.29, 1.82) is 0 Å². The number of fused-ring (bicyclic) bond motifs is 1. The van der Waals surface area contributed by atoms with Gasteiger partial charge in [0.2, 0.25) is 5.91 Å². The fourth-order valence-corrected chi connectivity index (χ4v) is 6.47. The van der Waals surface area contributed by atoms with E-state index in [-0.39, 0.29) is 16.7 Å². The van der Waals surface area contributed by atoms with Gasteiger partial charge in [-0.1, -0.05) is 31.7 Å². The number of thioether (sulfide) groups is 1. The molecule has 0 radical (unpaired) electrons. The van der Waals surface area contributed by atoms with E-state index in [0.29, 0.717) is 27.9 Å². The number of amides is 1. The average Bonchev–Trinajstić information content (AvgIpc) is 3.14. The normalized spacial score (nSPS) is 15.7. The quantitative estimate of drug-likeness (QED) is 0.360. The third kappa shape index (κ3) is 4.68. The van der Waals surface area contributed by atoms with Gasteiger partial charge in [-0.25, -0.2) is 4.98 Å². The number of piperidine rings is 1. The van der Waals surface area contributed by atoms with E-state index in [9.17, 15) is 9.59 Å². The Hall–Kier alpha value is -2.32. The van der Waals surface area contributed by atoms with Crippen LogP contribution in [0, 0.1) is 12.8 Å². The topological polar surface area (TPSA) is 64.4 Å². The van der Waals surface area contributed by atoms with Crippen molar-refractivity contribution < 1.29 is 9.53 Å². The van der Waals surface area contributed by atoms with Gasteiger partial charge in [0.05, 0.1) is 23.4 Å². The van der Waals surface area contributed by atoms with Crippen LogP contribution in [0.3, 0.4) is 0 Å². The van der Waals surface area contributed by atoms with Crippen molar-refractivity contribution in [2.75, 3.05) is 20.2 Å². The minimum absolute atomic E-state index is 0.101. The molecule has 1 atom stereocenters. The number of carbonyl (C=O) groups is 1. The molecule has 1 fully saturated rings. The Bertz CT molecular complexity index is 1230. The lowest BCUT2D eigenvalue weighted by atomic mass is 9.99. The molecule has 1 aromatic carbocycles. The van der Waals surface area contributed by atoms with Crippen molar-refractivity contribution in [1.82, 2.24) is 14.5 Å². The minimum Gasteiger partial charge on any atom is -0.497 e. The molecule has 2 aromatic heterocycles. The molecule has 1 amide bonds. The zero-order valence-corrected chi connectivity index (χ0v) is 21.5. The zero-order chi connectivity index (χ0) is 23.7. The number of likely N-dealkylation sites (tertiary alicyclic amines) is 1. The SMILES string of the molecule is CCc1sc2nc(S[C@@H](C)C(=O)N3CCC(C)CC3)n(-c3cccc(OC)c3)c(=O)c2c1C. The molecule has 1 saturated heterocycles. The predicted molar refractivity (Wildman–Crippen MR) is 136 cm³/mol. The third-order valence-electron chi connectivity index (χ3n) is 6.39. The molecule has 3 heterocycles. The Morgan fingerprint density at radius 2 is 2.06 bits per heavy atom. The first-order valence-electron chi connectivity index (χ1n) is 11.5. The van der Waals surface area contributed by atoms with Crippen LogP contribution in [0.1, 0.15) is 44.1 Å². The number of nitrogens with zero attached hydrogens (tertiary/aromatic N) is 3. The van der Waals surface area contributed by atoms with E-state index in [1.807, 2.05) is 43.0 Å². The average molecular weight is 486 g/mol. The number of thiophene rings is 1. The van der Waals surface area contributed by atoms with Gasteiger partial charge in [0.1, 0.15) is 10.6 Å². The summed E-state index contributed by atoms with van der Waals surface area (Å²) in [5.41, 5.74) is 1.58. The summed E-state index contributed by atoms with van der Waals surface area (Å²) >= 11 is 2.93. The predicted octanol–water partition coefficient (Wildman–Crippen LogP) is 5.07. The number of hydrogen-bond acceptors (Lipinski definition) is 6. The van der Waals surface area contributed by atoms with Gasteiger partial charge in [0.25, 0.3) is 5.56 Å². The molecule has 3 aromatic rings. The van der Waals surface area contributed by atoms with Crippen LogP contribution in [0.25, 0.3) is 15.9 Å². The standard InChI is InChI=1S/C25H31N3O3S2/c1-6-20-16(3)21-22(33-20)26-25(28(24(21)30)18-8-7-9-19(14-18)31-5)32-17(4)23(29)27-12-10-15(2)11-13-27/h7-9,14-15,17H,6,10-13H2,1-5H3/t17-/m0/s1. The van der Waals surface area contributed by atoms with Crippen molar-refractivity contribution in [3.8, 4) is 11.4 Å². The Morgan fingerprint density at radius 3 is 2.73 bits per heavy atom. The Kier molecular flexibility index (Phi) is 7.14. The number of methoxy groups -OCH3 is 1. The maximum atomic E-state index is 13.8. The van der Waals surface area contributed by atoms with E-state index in [1.165, 1.54) is 16.6 Å². The first-order chi connectivity index (χ1) is 15.8. The summed E-state index contributed by atoms with van der Waals surface area (Å²) in [4.78, 5) is 35.7. The summed E-state index contributed by atoms with van der Waals surface area (Å²) in [6, 6.07) is 7.42. The number of aromatic nitrogens is 2. The molecule has 4 rings (SSSR count). The van der Waals surface area contributed by atoms with Crippen molar-refractivity contribution >= 4 is 39.2 Å². The monoisotopic (exact) mass is 485 g/mol. The molecule has 0 spiro atoms. The van der Waals surface area contributed by atoms with Gasteiger partial charge >= 0.3 is 0 Å². The van der Waals surface area contributed by atoms with Crippen molar-refractivity contribution in [3.63, 3.8) is 0 Å². The molecule has 0 saturated carbocycles. The molecule has 0 aliphatic carbocycles. The highest BCUT2D eigenvalue weighted by atomic mass is 32.2. The van der Waals surface area contributed by atoms with Gasteiger partial charge in [0, 0.05) is 24.0 Å². The number of hydrogen-bond donors (Lipinski definition) is 0. The molecule has 8 heteroatoms. The second-order valence-electron chi connectivity index (χ2n) is 8.69. The summed E-state index contributed by atoms with van der Waals surface area (Å²) < 4.78 is 7.03. The van der Waals surface area contributed by atoms with Crippen LogP contribution in [0.4, 0.5) is 0 Å². The minimum atomic E-state index is -0.341. The van der Waals surface area contributed by atoms with Crippen LogP contribution in [-0.2, 0) is 11.2 Å². The van der Waals surface area contributed by atoms with Crippen molar-refractivity contribution in [2.24, 2.45) is 5.92 Å². The summed E-state index contributed by atoms with van der Waals surface area (Å²) in [5.74, 6) is 1.43. The third-order valence-corrected chi connectivity index (χ3v) is 8.76. The summed E-state index contributed by atoms with van der Waals surface area (Å²) in [5, 5.41) is 0.857. The Balaban J connectivity index is 1.79. The van der Waals surface area contributed by atoms with E-state index < -0.39 is 0 Å². The number of carbonyl (C=O) groups excluding carboxylic acids is 1. The number of rotatable bonds is 6. The smallest absolute Gasteiger partial charge is 0.267 e. The lowest BCUT2D eigenvalue weighted by Crippen LogP contribution is -2.42. The van der Waals surface area contributed by atoms with Gasteiger partial charge < -0.3 is 9.64 Å². The van der Waals surface area contributed by atoms with Crippen LogP contribution in [0.2, 0.25) is 0 Å². The highest BCUT2D eigenvalue weighted by Crippen LogP contribution is 2.33. The zero-order valence-electron chi connectivity index (χ0n) is 19.9. The number of ether oxygens (including phenoxy) is 1. The molecular formula is C25H31N3O3S2. The fourth-order valence-electron chi connectivity index (χ4n) is 4.30. The molecule has 1 aliphatic heterocycles. The maximum Gasteiger partial charge on any atom is 0.267 e. The van der Waals surface area contributed by atoms with Crippen LogP contribution in [-0.4, -0.2) is 45.8 Å².